The van der Waals surface area contributed by atoms with Gasteiger partial charge in [0.15, 0.2) is 0 Å². The van der Waals surface area contributed by atoms with Crippen LogP contribution in [0.3, 0.4) is 0 Å². The van der Waals surface area contributed by atoms with Gasteiger partial charge in [-0.2, -0.15) is 0 Å². The van der Waals surface area contributed by atoms with Crippen LogP contribution in [-0.4, -0.2) is 37.1 Å². The Morgan fingerprint density at radius 3 is 2.19 bits per heavy atom. The molecule has 0 aromatic heterocycles. The normalized spacial score (nSPS) is 19.2. The van der Waals surface area contributed by atoms with Crippen LogP contribution in [0.25, 0.3) is 0 Å². The number of hydrogen-bond donors (Lipinski definition) is 0. The Balaban J connectivity index is 2.58. The summed E-state index contributed by atoms with van der Waals surface area (Å²) < 4.78 is 5.28. The van der Waals surface area contributed by atoms with E-state index in [0.717, 1.165) is 19.5 Å². The fourth-order valence-corrected chi connectivity index (χ4v) is 2.18. The Bertz CT molecular complexity index is 220. The van der Waals surface area contributed by atoms with Crippen molar-refractivity contribution in [2.24, 2.45) is 17.8 Å². The molecular formula is C13H25NO2. The molecule has 1 amide bonds. The summed E-state index contributed by atoms with van der Waals surface area (Å²) in [5.74, 6) is 1.51. The molecule has 1 rings (SSSR count). The number of carbonyl (C=O) groups is 1. The van der Waals surface area contributed by atoms with Crippen molar-refractivity contribution in [2.75, 3.05) is 26.3 Å². The maximum Gasteiger partial charge on any atom is 0.226 e. The fraction of sp³-hybridized carbons (Fsp3) is 0.923. The molecule has 1 aliphatic rings. The standard InChI is InChI=1S/C13H25NO2/c1-10(2)9-12(11(3)4)13(15)14-5-7-16-8-6-14/h10-12H,5-9H2,1-4H3. The zero-order valence-electron chi connectivity index (χ0n) is 11.0. The summed E-state index contributed by atoms with van der Waals surface area (Å²) >= 11 is 0. The van der Waals surface area contributed by atoms with Crippen LogP contribution in [-0.2, 0) is 9.53 Å². The average Bonchev–Trinajstić information content (AvgIpc) is 2.25. The van der Waals surface area contributed by atoms with E-state index < -0.39 is 0 Å². The SMILES string of the molecule is CC(C)CC(C(=O)N1CCOCC1)C(C)C. The van der Waals surface area contributed by atoms with E-state index in [-0.39, 0.29) is 5.92 Å². The van der Waals surface area contributed by atoms with Gasteiger partial charge in [-0.05, 0) is 18.3 Å². The molecule has 0 spiro atoms. The van der Waals surface area contributed by atoms with Crippen LogP contribution < -0.4 is 0 Å². The lowest BCUT2D eigenvalue weighted by molar-refractivity contribution is -0.141. The van der Waals surface area contributed by atoms with E-state index in [1.165, 1.54) is 0 Å². The van der Waals surface area contributed by atoms with Gasteiger partial charge in [0.05, 0.1) is 13.2 Å². The van der Waals surface area contributed by atoms with Crippen LogP contribution in [0.2, 0.25) is 0 Å². The van der Waals surface area contributed by atoms with Crippen molar-refractivity contribution in [2.45, 2.75) is 34.1 Å². The van der Waals surface area contributed by atoms with Crippen molar-refractivity contribution in [3.05, 3.63) is 0 Å². The molecule has 1 aliphatic heterocycles. The molecule has 0 bridgehead atoms. The highest BCUT2D eigenvalue weighted by atomic mass is 16.5. The molecule has 1 atom stereocenters. The van der Waals surface area contributed by atoms with Gasteiger partial charge in [-0.25, -0.2) is 0 Å². The lowest BCUT2D eigenvalue weighted by Gasteiger charge is -2.32. The van der Waals surface area contributed by atoms with E-state index in [0.29, 0.717) is 31.0 Å². The molecular weight excluding hydrogens is 202 g/mol. The topological polar surface area (TPSA) is 29.5 Å². The summed E-state index contributed by atoms with van der Waals surface area (Å²) in [7, 11) is 0. The van der Waals surface area contributed by atoms with Gasteiger partial charge in [0.2, 0.25) is 5.91 Å². The molecule has 0 aromatic rings. The van der Waals surface area contributed by atoms with Crippen LogP contribution in [0, 0.1) is 17.8 Å². The van der Waals surface area contributed by atoms with Crippen LogP contribution in [0.5, 0.6) is 0 Å². The zero-order chi connectivity index (χ0) is 12.1. The van der Waals surface area contributed by atoms with E-state index in [4.69, 9.17) is 4.74 Å². The lowest BCUT2D eigenvalue weighted by Crippen LogP contribution is -2.45. The first-order valence-corrected chi connectivity index (χ1v) is 6.39. The van der Waals surface area contributed by atoms with Gasteiger partial charge in [-0.1, -0.05) is 27.7 Å². The maximum absolute atomic E-state index is 12.3. The minimum atomic E-state index is 0.179. The molecule has 1 heterocycles. The van der Waals surface area contributed by atoms with Crippen LogP contribution in [0.15, 0.2) is 0 Å². The quantitative estimate of drug-likeness (QED) is 0.736. The summed E-state index contributed by atoms with van der Waals surface area (Å²) in [5.41, 5.74) is 0. The highest BCUT2D eigenvalue weighted by Crippen LogP contribution is 2.23. The summed E-state index contributed by atoms with van der Waals surface area (Å²) in [6, 6.07) is 0. The summed E-state index contributed by atoms with van der Waals surface area (Å²) in [6.45, 7) is 11.6. The van der Waals surface area contributed by atoms with Crippen molar-refractivity contribution in [3.63, 3.8) is 0 Å². The average molecular weight is 227 g/mol. The third-order valence-corrected chi connectivity index (χ3v) is 3.17. The monoisotopic (exact) mass is 227 g/mol. The van der Waals surface area contributed by atoms with E-state index in [2.05, 4.69) is 27.7 Å². The van der Waals surface area contributed by atoms with Gasteiger partial charge in [-0.3, -0.25) is 4.79 Å². The Morgan fingerprint density at radius 1 is 1.19 bits per heavy atom. The maximum atomic E-state index is 12.3. The number of morpholine rings is 1. The first-order valence-electron chi connectivity index (χ1n) is 6.39. The Kier molecular flexibility index (Phi) is 5.26. The van der Waals surface area contributed by atoms with Gasteiger partial charge in [0.25, 0.3) is 0 Å². The van der Waals surface area contributed by atoms with Crippen molar-refractivity contribution in [3.8, 4) is 0 Å². The molecule has 1 saturated heterocycles. The number of carbonyl (C=O) groups excluding carboxylic acids is 1. The Labute approximate surface area is 99.1 Å². The predicted molar refractivity (Wildman–Crippen MR) is 65.2 cm³/mol. The molecule has 16 heavy (non-hydrogen) atoms. The first-order chi connectivity index (χ1) is 7.52. The Morgan fingerprint density at radius 2 is 1.75 bits per heavy atom. The molecule has 1 unspecified atom stereocenters. The van der Waals surface area contributed by atoms with Gasteiger partial charge in [-0.15, -0.1) is 0 Å². The predicted octanol–water partition coefficient (Wildman–Crippen LogP) is 2.16. The summed E-state index contributed by atoms with van der Waals surface area (Å²) in [6.07, 6.45) is 0.994. The third-order valence-electron chi connectivity index (χ3n) is 3.17. The number of nitrogens with zero attached hydrogens (tertiary/aromatic N) is 1. The second-order valence-corrected chi connectivity index (χ2v) is 5.42. The van der Waals surface area contributed by atoms with Crippen molar-refractivity contribution < 1.29 is 9.53 Å². The van der Waals surface area contributed by atoms with E-state index >= 15 is 0 Å². The molecule has 0 radical (unpaired) electrons. The molecule has 0 aliphatic carbocycles. The highest BCUT2D eigenvalue weighted by Gasteiger charge is 2.28. The van der Waals surface area contributed by atoms with Crippen LogP contribution >= 0.6 is 0 Å². The lowest BCUT2D eigenvalue weighted by atomic mass is 9.86. The first kappa shape index (κ1) is 13.5. The van der Waals surface area contributed by atoms with Gasteiger partial charge < -0.3 is 9.64 Å². The zero-order valence-corrected chi connectivity index (χ0v) is 11.0. The molecule has 0 aromatic carbocycles. The molecule has 0 N–H and O–H groups in total. The summed E-state index contributed by atoms with van der Waals surface area (Å²) in [5, 5.41) is 0. The Hall–Kier alpha value is -0.570. The second kappa shape index (κ2) is 6.24. The largest absolute Gasteiger partial charge is 0.378 e. The van der Waals surface area contributed by atoms with Crippen molar-refractivity contribution in [1.82, 2.24) is 4.90 Å². The van der Waals surface area contributed by atoms with Crippen LogP contribution in [0.4, 0.5) is 0 Å². The number of ether oxygens (including phenoxy) is 1. The molecule has 3 nitrogen and oxygen atoms in total. The van der Waals surface area contributed by atoms with Crippen molar-refractivity contribution in [1.29, 1.82) is 0 Å². The fourth-order valence-electron chi connectivity index (χ4n) is 2.18. The molecule has 94 valence electrons. The molecule has 0 saturated carbocycles. The summed E-state index contributed by atoms with van der Waals surface area (Å²) in [4.78, 5) is 14.3. The van der Waals surface area contributed by atoms with E-state index in [1.54, 1.807) is 0 Å². The minimum Gasteiger partial charge on any atom is -0.378 e. The number of rotatable bonds is 4. The van der Waals surface area contributed by atoms with Gasteiger partial charge in [0, 0.05) is 19.0 Å². The van der Waals surface area contributed by atoms with Gasteiger partial charge >= 0.3 is 0 Å². The highest BCUT2D eigenvalue weighted by molar-refractivity contribution is 5.79. The van der Waals surface area contributed by atoms with Gasteiger partial charge in [0.1, 0.15) is 0 Å². The molecule has 3 heteroatoms. The van der Waals surface area contributed by atoms with Crippen molar-refractivity contribution >= 4 is 5.91 Å². The second-order valence-electron chi connectivity index (χ2n) is 5.42. The molecule has 1 fully saturated rings. The number of hydrogen-bond acceptors (Lipinski definition) is 2. The van der Waals surface area contributed by atoms with E-state index in [9.17, 15) is 4.79 Å². The van der Waals surface area contributed by atoms with E-state index in [1.807, 2.05) is 4.90 Å². The van der Waals surface area contributed by atoms with Crippen LogP contribution in [0.1, 0.15) is 34.1 Å². The number of amides is 1. The minimum absolute atomic E-state index is 0.179. The smallest absolute Gasteiger partial charge is 0.226 e. The third kappa shape index (κ3) is 3.78.